The summed E-state index contributed by atoms with van der Waals surface area (Å²) in [5.74, 6) is 1.45. The van der Waals surface area contributed by atoms with Gasteiger partial charge in [0.05, 0.1) is 13.7 Å². The molecule has 2 aliphatic rings. The maximum absolute atomic E-state index is 13.2. The minimum atomic E-state index is 0.0867. The Balaban J connectivity index is 1.42. The lowest BCUT2D eigenvalue weighted by Gasteiger charge is -2.26. The molecule has 34 heavy (non-hydrogen) atoms. The van der Waals surface area contributed by atoms with Crippen LogP contribution in [0.1, 0.15) is 61.0 Å². The Morgan fingerprint density at radius 1 is 1.00 bits per heavy atom. The van der Waals surface area contributed by atoms with Gasteiger partial charge in [-0.05, 0) is 87.7 Å². The molecule has 182 valence electrons. The second kappa shape index (κ2) is 11.6. The maximum Gasteiger partial charge on any atom is 0.189 e. The van der Waals surface area contributed by atoms with Crippen LogP contribution in [0.5, 0.6) is 11.5 Å². The standard InChI is InChI=1S/C29H38N2O3/c1-4-31(5-2)25-12-10-22(11-13-25)18-24-19-23-20-27(33-3)28(21-26(23)29(24)32)34-17-9-16-30-14-7-6-8-15-30/h10-13,18,20-21H,4-9,14-17,19H2,1-3H3/b24-18+. The number of allylic oxidation sites excluding steroid dienone is 1. The number of methoxy groups -OCH3 is 1. The van der Waals surface area contributed by atoms with Gasteiger partial charge in [-0.25, -0.2) is 0 Å². The first kappa shape index (κ1) is 24.3. The molecule has 0 saturated carbocycles. The van der Waals surface area contributed by atoms with Crippen molar-refractivity contribution in [2.75, 3.05) is 51.3 Å². The number of fused-ring (bicyclic) bond motifs is 1. The molecule has 0 N–H and O–H groups in total. The van der Waals surface area contributed by atoms with Crippen LogP contribution in [0.4, 0.5) is 5.69 Å². The number of nitrogens with zero attached hydrogens (tertiary/aromatic N) is 2. The average molecular weight is 463 g/mol. The molecule has 0 unspecified atom stereocenters. The van der Waals surface area contributed by atoms with Gasteiger partial charge in [0, 0.05) is 42.9 Å². The van der Waals surface area contributed by atoms with Crippen LogP contribution in [-0.2, 0) is 6.42 Å². The molecule has 0 aromatic heterocycles. The summed E-state index contributed by atoms with van der Waals surface area (Å²) in [6, 6.07) is 12.3. The fourth-order valence-corrected chi connectivity index (χ4v) is 5.03. The van der Waals surface area contributed by atoms with Crippen molar-refractivity contribution in [2.45, 2.75) is 46.0 Å². The zero-order valence-corrected chi connectivity index (χ0v) is 20.9. The van der Waals surface area contributed by atoms with Gasteiger partial charge in [-0.3, -0.25) is 4.79 Å². The predicted molar refractivity (Wildman–Crippen MR) is 139 cm³/mol. The molecule has 0 spiro atoms. The summed E-state index contributed by atoms with van der Waals surface area (Å²) in [6.07, 6.45) is 7.57. The van der Waals surface area contributed by atoms with Crippen molar-refractivity contribution in [1.29, 1.82) is 0 Å². The Kier molecular flexibility index (Phi) is 8.28. The Morgan fingerprint density at radius 2 is 1.74 bits per heavy atom. The molecule has 1 aliphatic heterocycles. The van der Waals surface area contributed by atoms with Gasteiger partial charge in [-0.2, -0.15) is 0 Å². The Morgan fingerprint density at radius 3 is 2.41 bits per heavy atom. The molecule has 5 nitrogen and oxygen atoms in total. The Labute approximate surface area is 204 Å². The van der Waals surface area contributed by atoms with Crippen LogP contribution in [0.15, 0.2) is 42.0 Å². The van der Waals surface area contributed by atoms with Crippen LogP contribution < -0.4 is 14.4 Å². The molecule has 2 aromatic rings. The third kappa shape index (κ3) is 5.64. The van der Waals surface area contributed by atoms with Gasteiger partial charge in [0.25, 0.3) is 0 Å². The number of Topliss-reactive ketones (excluding diaryl/α,β-unsaturated/α-hetero) is 1. The zero-order chi connectivity index (χ0) is 23.9. The second-order valence-electron chi connectivity index (χ2n) is 9.20. The van der Waals surface area contributed by atoms with Crippen molar-refractivity contribution < 1.29 is 14.3 Å². The number of hydrogen-bond acceptors (Lipinski definition) is 5. The molecule has 0 bridgehead atoms. The minimum absolute atomic E-state index is 0.0867. The molecule has 1 fully saturated rings. The zero-order valence-electron chi connectivity index (χ0n) is 20.9. The van der Waals surface area contributed by atoms with Crippen LogP contribution in [-0.4, -0.2) is 57.1 Å². The summed E-state index contributed by atoms with van der Waals surface area (Å²) in [5, 5.41) is 0. The molecule has 0 atom stereocenters. The number of anilines is 1. The number of ether oxygens (including phenoxy) is 2. The number of carbonyl (C=O) groups excluding carboxylic acids is 1. The smallest absolute Gasteiger partial charge is 0.189 e. The Hall–Kier alpha value is -2.79. The second-order valence-corrected chi connectivity index (χ2v) is 9.20. The minimum Gasteiger partial charge on any atom is -0.493 e. The van der Waals surface area contributed by atoms with Crippen LogP contribution in [0.3, 0.4) is 0 Å². The Bertz CT molecular complexity index is 1000. The van der Waals surface area contributed by atoms with Crippen molar-refractivity contribution in [3.63, 3.8) is 0 Å². The molecule has 0 radical (unpaired) electrons. The molecule has 5 heteroatoms. The van der Waals surface area contributed by atoms with E-state index in [1.807, 2.05) is 18.2 Å². The number of carbonyl (C=O) groups is 1. The van der Waals surface area contributed by atoms with E-state index in [9.17, 15) is 4.79 Å². The topological polar surface area (TPSA) is 42.0 Å². The highest BCUT2D eigenvalue weighted by atomic mass is 16.5. The van der Waals surface area contributed by atoms with E-state index in [2.05, 4.69) is 47.9 Å². The van der Waals surface area contributed by atoms with Gasteiger partial charge in [-0.1, -0.05) is 18.6 Å². The van der Waals surface area contributed by atoms with Gasteiger partial charge in [-0.15, -0.1) is 0 Å². The van der Waals surface area contributed by atoms with E-state index in [0.717, 1.165) is 48.3 Å². The van der Waals surface area contributed by atoms with E-state index in [4.69, 9.17) is 9.47 Å². The molecular formula is C29H38N2O3. The van der Waals surface area contributed by atoms with Gasteiger partial charge in [0.1, 0.15) is 0 Å². The molecule has 1 heterocycles. The number of ketones is 1. The van der Waals surface area contributed by atoms with Gasteiger partial charge in [0.2, 0.25) is 0 Å². The fourth-order valence-electron chi connectivity index (χ4n) is 5.03. The number of hydrogen-bond donors (Lipinski definition) is 0. The third-order valence-electron chi connectivity index (χ3n) is 6.99. The van der Waals surface area contributed by atoms with Crippen molar-refractivity contribution in [3.8, 4) is 11.5 Å². The molecule has 4 rings (SSSR count). The highest BCUT2D eigenvalue weighted by molar-refractivity contribution is 6.16. The van der Waals surface area contributed by atoms with Crippen molar-refractivity contribution in [1.82, 2.24) is 4.90 Å². The number of benzene rings is 2. The van der Waals surface area contributed by atoms with E-state index < -0.39 is 0 Å². The van der Waals surface area contributed by atoms with Crippen molar-refractivity contribution >= 4 is 17.5 Å². The molecule has 0 amide bonds. The summed E-state index contributed by atoms with van der Waals surface area (Å²) >= 11 is 0. The third-order valence-corrected chi connectivity index (χ3v) is 6.99. The summed E-state index contributed by atoms with van der Waals surface area (Å²) in [6.45, 7) is 10.4. The first-order valence-corrected chi connectivity index (χ1v) is 12.8. The summed E-state index contributed by atoms with van der Waals surface area (Å²) < 4.78 is 11.7. The van der Waals surface area contributed by atoms with Crippen molar-refractivity contribution in [3.05, 3.63) is 58.7 Å². The number of piperidine rings is 1. The fraction of sp³-hybridized carbons (Fsp3) is 0.483. The quantitative estimate of drug-likeness (QED) is 0.339. The summed E-state index contributed by atoms with van der Waals surface area (Å²) in [4.78, 5) is 18.0. The van der Waals surface area contributed by atoms with Gasteiger partial charge < -0.3 is 19.3 Å². The largest absolute Gasteiger partial charge is 0.493 e. The summed E-state index contributed by atoms with van der Waals surface area (Å²) in [5.41, 5.74) is 4.81. The molecule has 1 aliphatic carbocycles. The van der Waals surface area contributed by atoms with Crippen LogP contribution >= 0.6 is 0 Å². The van der Waals surface area contributed by atoms with E-state index >= 15 is 0 Å². The van der Waals surface area contributed by atoms with E-state index in [1.54, 1.807) is 7.11 Å². The van der Waals surface area contributed by atoms with Crippen LogP contribution in [0.25, 0.3) is 6.08 Å². The molecule has 2 aromatic carbocycles. The van der Waals surface area contributed by atoms with E-state index in [0.29, 0.717) is 24.5 Å². The van der Waals surface area contributed by atoms with Gasteiger partial charge in [0.15, 0.2) is 17.3 Å². The highest BCUT2D eigenvalue weighted by Gasteiger charge is 2.27. The molecular weight excluding hydrogens is 424 g/mol. The maximum atomic E-state index is 13.2. The van der Waals surface area contributed by atoms with Crippen LogP contribution in [0, 0.1) is 0 Å². The first-order valence-electron chi connectivity index (χ1n) is 12.8. The average Bonchev–Trinajstić information content (AvgIpc) is 3.17. The van der Waals surface area contributed by atoms with Gasteiger partial charge >= 0.3 is 0 Å². The summed E-state index contributed by atoms with van der Waals surface area (Å²) in [7, 11) is 1.66. The predicted octanol–water partition coefficient (Wildman–Crippen LogP) is 5.62. The lowest BCUT2D eigenvalue weighted by atomic mass is 10.1. The number of likely N-dealkylation sites (tertiary alicyclic amines) is 1. The van der Waals surface area contributed by atoms with Crippen LogP contribution in [0.2, 0.25) is 0 Å². The number of rotatable bonds is 10. The van der Waals surface area contributed by atoms with Crippen molar-refractivity contribution in [2.24, 2.45) is 0 Å². The monoisotopic (exact) mass is 462 g/mol. The normalized spacial score (nSPS) is 17.1. The lowest BCUT2D eigenvalue weighted by molar-refractivity contribution is 0.104. The van der Waals surface area contributed by atoms with E-state index in [-0.39, 0.29) is 5.78 Å². The molecule has 1 saturated heterocycles. The van der Waals surface area contributed by atoms with E-state index in [1.165, 1.54) is 38.0 Å². The lowest BCUT2D eigenvalue weighted by Crippen LogP contribution is -2.31. The first-order chi connectivity index (χ1) is 16.6. The highest BCUT2D eigenvalue weighted by Crippen LogP contribution is 2.37. The SMILES string of the molecule is CCN(CC)c1ccc(/C=C2\Cc3cc(OC)c(OCCCN4CCCCC4)cc3C2=O)cc1.